The molecule has 2 aromatic carbocycles. The molecule has 0 fully saturated rings. The van der Waals surface area contributed by atoms with Crippen LogP contribution in [0.1, 0.15) is 11.4 Å². The maximum atomic E-state index is 6.21. The molecule has 0 aliphatic carbocycles. The van der Waals surface area contributed by atoms with E-state index < -0.39 is 0 Å². The Morgan fingerprint density at radius 1 is 0.963 bits per heavy atom. The molecule has 7 heteroatoms. The maximum absolute atomic E-state index is 6.21. The van der Waals surface area contributed by atoms with E-state index in [1.807, 2.05) is 55.5 Å². The normalized spacial score (nSPS) is 10.4. The number of hydrogen-bond donors (Lipinski definition) is 2. The molecule has 27 heavy (non-hydrogen) atoms. The predicted octanol–water partition coefficient (Wildman–Crippen LogP) is 4.81. The van der Waals surface area contributed by atoms with Gasteiger partial charge in [-0.3, -0.25) is 0 Å². The number of aryl methyl sites for hydroxylation is 1. The third-order valence-corrected chi connectivity index (χ3v) is 4.30. The van der Waals surface area contributed by atoms with Gasteiger partial charge >= 0.3 is 0 Å². The van der Waals surface area contributed by atoms with Crippen molar-refractivity contribution in [2.75, 3.05) is 24.9 Å². The number of rotatable bonds is 7. The minimum atomic E-state index is 0.571. The molecule has 0 aliphatic heterocycles. The second-order valence-electron chi connectivity index (χ2n) is 5.82. The Bertz CT molecular complexity index is 934. The monoisotopic (exact) mass is 384 g/mol. The number of aromatic nitrogens is 2. The number of nitrogens with zero attached hydrogens (tertiary/aromatic N) is 2. The number of methoxy groups -OCH3 is 2. The zero-order chi connectivity index (χ0) is 19.2. The lowest BCUT2D eigenvalue weighted by Gasteiger charge is -2.14. The molecule has 3 rings (SSSR count). The molecule has 1 aromatic heterocycles. The number of ether oxygens (including phenoxy) is 2. The van der Waals surface area contributed by atoms with Gasteiger partial charge in [0.15, 0.2) is 0 Å². The fraction of sp³-hybridized carbons (Fsp3) is 0.200. The third kappa shape index (κ3) is 4.80. The van der Waals surface area contributed by atoms with Crippen molar-refractivity contribution in [3.05, 3.63) is 64.9 Å². The Labute approximate surface area is 163 Å². The first kappa shape index (κ1) is 18.8. The number of benzene rings is 2. The van der Waals surface area contributed by atoms with E-state index in [1.165, 1.54) is 0 Å². The number of halogens is 1. The van der Waals surface area contributed by atoms with E-state index in [4.69, 9.17) is 21.1 Å². The van der Waals surface area contributed by atoms with Crippen molar-refractivity contribution in [2.45, 2.75) is 13.5 Å². The van der Waals surface area contributed by atoms with Crippen LogP contribution in [0.15, 0.2) is 48.5 Å². The van der Waals surface area contributed by atoms with Crippen LogP contribution in [0.2, 0.25) is 5.02 Å². The lowest BCUT2D eigenvalue weighted by Crippen LogP contribution is -2.06. The lowest BCUT2D eigenvalue weighted by molar-refractivity contribution is 0.395. The number of nitrogens with one attached hydrogen (secondary N) is 2. The fourth-order valence-electron chi connectivity index (χ4n) is 2.59. The fourth-order valence-corrected chi connectivity index (χ4v) is 2.79. The molecule has 6 nitrogen and oxygen atoms in total. The molecule has 0 saturated carbocycles. The van der Waals surface area contributed by atoms with Gasteiger partial charge in [-0.25, -0.2) is 9.97 Å². The summed E-state index contributed by atoms with van der Waals surface area (Å²) in [5.74, 6) is 3.40. The predicted molar refractivity (Wildman–Crippen MR) is 108 cm³/mol. The highest BCUT2D eigenvalue weighted by atomic mass is 35.5. The first-order chi connectivity index (χ1) is 13.1. The van der Waals surface area contributed by atoms with Crippen molar-refractivity contribution >= 4 is 28.9 Å². The van der Waals surface area contributed by atoms with Gasteiger partial charge in [0, 0.05) is 23.7 Å². The topological polar surface area (TPSA) is 68.3 Å². The van der Waals surface area contributed by atoms with Gasteiger partial charge < -0.3 is 20.1 Å². The summed E-state index contributed by atoms with van der Waals surface area (Å²) >= 11 is 6.21. The Morgan fingerprint density at radius 3 is 2.48 bits per heavy atom. The summed E-state index contributed by atoms with van der Waals surface area (Å²) in [6.07, 6.45) is 0. The van der Waals surface area contributed by atoms with Gasteiger partial charge in [0.25, 0.3) is 0 Å². The van der Waals surface area contributed by atoms with E-state index in [0.717, 1.165) is 22.0 Å². The molecule has 0 amide bonds. The number of anilines is 3. The van der Waals surface area contributed by atoms with E-state index >= 15 is 0 Å². The molecular weight excluding hydrogens is 364 g/mol. The van der Waals surface area contributed by atoms with Crippen molar-refractivity contribution in [1.29, 1.82) is 0 Å². The van der Waals surface area contributed by atoms with E-state index in [2.05, 4.69) is 20.6 Å². The molecule has 0 radical (unpaired) electrons. The van der Waals surface area contributed by atoms with E-state index in [1.54, 1.807) is 14.2 Å². The largest absolute Gasteiger partial charge is 0.497 e. The van der Waals surface area contributed by atoms with Gasteiger partial charge in [0.2, 0.25) is 0 Å². The Morgan fingerprint density at radius 2 is 1.74 bits per heavy atom. The SMILES string of the molecule is COc1ccc(Nc2cc(NCc3ccccc3Cl)nc(C)n2)c(OC)c1. The Kier molecular flexibility index (Phi) is 5.98. The molecular formula is C20H21ClN4O2. The van der Waals surface area contributed by atoms with Crippen molar-refractivity contribution < 1.29 is 9.47 Å². The molecule has 140 valence electrons. The van der Waals surface area contributed by atoms with Crippen LogP contribution < -0.4 is 20.1 Å². The van der Waals surface area contributed by atoms with Crippen LogP contribution in [0.5, 0.6) is 11.5 Å². The van der Waals surface area contributed by atoms with Crippen LogP contribution in [0.4, 0.5) is 17.3 Å². The standard InChI is InChI=1S/C20H21ClN4O2/c1-13-23-19(22-12-14-6-4-5-7-16(14)21)11-20(24-13)25-17-9-8-15(26-2)10-18(17)27-3/h4-11H,12H2,1-3H3,(H2,22,23,24,25). The summed E-state index contributed by atoms with van der Waals surface area (Å²) in [7, 11) is 3.23. The second kappa shape index (κ2) is 8.60. The van der Waals surface area contributed by atoms with Crippen molar-refractivity contribution in [3.63, 3.8) is 0 Å². The average Bonchev–Trinajstić information content (AvgIpc) is 2.67. The molecule has 3 aromatic rings. The van der Waals surface area contributed by atoms with Crippen LogP contribution in [0, 0.1) is 6.92 Å². The highest BCUT2D eigenvalue weighted by Crippen LogP contribution is 2.31. The molecule has 0 aliphatic rings. The van der Waals surface area contributed by atoms with Gasteiger partial charge in [-0.1, -0.05) is 29.8 Å². The molecule has 0 bridgehead atoms. The van der Waals surface area contributed by atoms with Gasteiger partial charge in [-0.05, 0) is 30.7 Å². The summed E-state index contributed by atoms with van der Waals surface area (Å²) in [4.78, 5) is 8.88. The lowest BCUT2D eigenvalue weighted by atomic mass is 10.2. The van der Waals surface area contributed by atoms with Crippen molar-refractivity contribution in [3.8, 4) is 11.5 Å². The summed E-state index contributed by atoms with van der Waals surface area (Å²) in [6.45, 7) is 2.42. The van der Waals surface area contributed by atoms with Crippen LogP contribution in [-0.2, 0) is 6.54 Å². The smallest absolute Gasteiger partial charge is 0.146 e. The van der Waals surface area contributed by atoms with Crippen LogP contribution >= 0.6 is 11.6 Å². The average molecular weight is 385 g/mol. The molecule has 1 heterocycles. The zero-order valence-electron chi connectivity index (χ0n) is 15.4. The highest BCUT2D eigenvalue weighted by Gasteiger charge is 2.08. The summed E-state index contributed by atoms with van der Waals surface area (Å²) in [6, 6.07) is 15.1. The van der Waals surface area contributed by atoms with E-state index in [-0.39, 0.29) is 0 Å². The first-order valence-corrected chi connectivity index (χ1v) is 8.79. The van der Waals surface area contributed by atoms with Crippen LogP contribution in [0.25, 0.3) is 0 Å². The van der Waals surface area contributed by atoms with Gasteiger partial charge in [-0.2, -0.15) is 0 Å². The Hall–Kier alpha value is -2.99. The molecule has 0 saturated heterocycles. The third-order valence-electron chi connectivity index (χ3n) is 3.93. The Balaban J connectivity index is 1.78. The number of hydrogen-bond acceptors (Lipinski definition) is 6. The second-order valence-corrected chi connectivity index (χ2v) is 6.23. The maximum Gasteiger partial charge on any atom is 0.146 e. The minimum Gasteiger partial charge on any atom is -0.497 e. The van der Waals surface area contributed by atoms with Crippen LogP contribution in [0.3, 0.4) is 0 Å². The summed E-state index contributed by atoms with van der Waals surface area (Å²) < 4.78 is 10.7. The van der Waals surface area contributed by atoms with Crippen molar-refractivity contribution in [2.24, 2.45) is 0 Å². The van der Waals surface area contributed by atoms with Crippen molar-refractivity contribution in [1.82, 2.24) is 9.97 Å². The van der Waals surface area contributed by atoms with Crippen LogP contribution in [-0.4, -0.2) is 24.2 Å². The zero-order valence-corrected chi connectivity index (χ0v) is 16.2. The molecule has 0 spiro atoms. The first-order valence-electron chi connectivity index (χ1n) is 8.41. The summed E-state index contributed by atoms with van der Waals surface area (Å²) in [5, 5.41) is 7.28. The quantitative estimate of drug-likeness (QED) is 0.609. The highest BCUT2D eigenvalue weighted by molar-refractivity contribution is 6.31. The van der Waals surface area contributed by atoms with E-state index in [0.29, 0.717) is 29.8 Å². The van der Waals surface area contributed by atoms with Gasteiger partial charge in [0.05, 0.1) is 19.9 Å². The summed E-state index contributed by atoms with van der Waals surface area (Å²) in [5.41, 5.74) is 1.79. The van der Waals surface area contributed by atoms with Gasteiger partial charge in [0.1, 0.15) is 29.0 Å². The van der Waals surface area contributed by atoms with E-state index in [9.17, 15) is 0 Å². The molecule has 0 unspecified atom stereocenters. The molecule has 2 N–H and O–H groups in total. The van der Waals surface area contributed by atoms with Gasteiger partial charge in [-0.15, -0.1) is 0 Å². The minimum absolute atomic E-state index is 0.571. The molecule has 0 atom stereocenters.